The van der Waals surface area contributed by atoms with Crippen LogP contribution in [0.25, 0.3) is 0 Å². The van der Waals surface area contributed by atoms with E-state index >= 15 is 0 Å². The molecule has 0 radical (unpaired) electrons. The monoisotopic (exact) mass is 341 g/mol. The summed E-state index contributed by atoms with van der Waals surface area (Å²) in [6.45, 7) is 2.23. The van der Waals surface area contributed by atoms with Gasteiger partial charge in [-0.15, -0.1) is 0 Å². The summed E-state index contributed by atoms with van der Waals surface area (Å²) >= 11 is 0. The number of amides is 1. The molecule has 1 atom stereocenters. The highest BCUT2D eigenvalue weighted by atomic mass is 16.7. The van der Waals surface area contributed by atoms with Crippen molar-refractivity contribution in [1.29, 1.82) is 0 Å². The summed E-state index contributed by atoms with van der Waals surface area (Å²) in [5, 5.41) is 3.01. The highest BCUT2D eigenvalue weighted by Crippen LogP contribution is 2.32. The fraction of sp³-hybridized carbons (Fsp3) is 0.350. The molecule has 3 rings (SSSR count). The van der Waals surface area contributed by atoms with Crippen molar-refractivity contribution >= 4 is 5.91 Å². The molecule has 1 aliphatic heterocycles. The third-order valence-electron chi connectivity index (χ3n) is 4.21. The van der Waals surface area contributed by atoms with Gasteiger partial charge in [-0.25, -0.2) is 0 Å². The topological polar surface area (TPSA) is 52.0 Å². The van der Waals surface area contributed by atoms with Crippen LogP contribution in [0.2, 0.25) is 0 Å². The number of ether oxygens (including phenoxy) is 2. The van der Waals surface area contributed by atoms with Crippen molar-refractivity contribution in [3.63, 3.8) is 0 Å². The van der Waals surface area contributed by atoms with Crippen LogP contribution in [-0.4, -0.2) is 32.8 Å². The van der Waals surface area contributed by atoms with Crippen molar-refractivity contribution in [3.8, 4) is 11.5 Å². The molecule has 25 heavy (non-hydrogen) atoms. The number of nitrogens with one attached hydrogen (secondary N) is 2. The molecule has 2 aromatic carbocycles. The minimum absolute atomic E-state index is 0.0892. The summed E-state index contributed by atoms with van der Waals surface area (Å²) in [4.78, 5) is 13.2. The molecular formula is C20H25N2O3+. The summed E-state index contributed by atoms with van der Waals surface area (Å²) in [6, 6.07) is 16.3. The van der Waals surface area contributed by atoms with E-state index in [-0.39, 0.29) is 12.7 Å². The minimum atomic E-state index is 0.0892. The summed E-state index contributed by atoms with van der Waals surface area (Å²) in [7, 11) is 2.02. The Morgan fingerprint density at radius 3 is 2.72 bits per heavy atom. The molecule has 5 nitrogen and oxygen atoms in total. The van der Waals surface area contributed by atoms with Gasteiger partial charge in [0, 0.05) is 12.1 Å². The quantitative estimate of drug-likeness (QED) is 0.709. The van der Waals surface area contributed by atoms with E-state index in [9.17, 15) is 4.79 Å². The molecule has 0 saturated heterocycles. The van der Waals surface area contributed by atoms with E-state index < -0.39 is 0 Å². The molecule has 0 fully saturated rings. The van der Waals surface area contributed by atoms with Gasteiger partial charge < -0.3 is 19.7 Å². The van der Waals surface area contributed by atoms with Gasteiger partial charge in [-0.05, 0) is 36.6 Å². The number of fused-ring (bicyclic) bond motifs is 1. The fourth-order valence-corrected chi connectivity index (χ4v) is 2.96. The number of hydrogen-bond acceptors (Lipinski definition) is 3. The number of likely N-dealkylation sites (N-methyl/N-ethyl adjacent to an activating group) is 1. The lowest BCUT2D eigenvalue weighted by molar-refractivity contribution is -0.885. The smallest absolute Gasteiger partial charge is 0.275 e. The second-order valence-corrected chi connectivity index (χ2v) is 6.44. The zero-order valence-corrected chi connectivity index (χ0v) is 14.6. The van der Waals surface area contributed by atoms with Crippen molar-refractivity contribution in [1.82, 2.24) is 5.32 Å². The van der Waals surface area contributed by atoms with Crippen LogP contribution in [0.4, 0.5) is 0 Å². The van der Waals surface area contributed by atoms with Crippen molar-refractivity contribution in [3.05, 3.63) is 59.7 Å². The fourth-order valence-electron chi connectivity index (χ4n) is 2.96. The average molecular weight is 341 g/mol. The maximum Gasteiger partial charge on any atom is 0.275 e. The van der Waals surface area contributed by atoms with Crippen LogP contribution in [0.5, 0.6) is 11.5 Å². The molecule has 0 saturated carbocycles. The van der Waals surface area contributed by atoms with Gasteiger partial charge in [0.25, 0.3) is 5.91 Å². The Bertz CT molecular complexity index is 703. The molecule has 2 aromatic rings. The Hall–Kier alpha value is -2.53. The van der Waals surface area contributed by atoms with Crippen LogP contribution >= 0.6 is 0 Å². The van der Waals surface area contributed by atoms with E-state index in [1.165, 1.54) is 5.56 Å². The number of rotatable bonds is 8. The van der Waals surface area contributed by atoms with Crippen molar-refractivity contribution in [2.75, 3.05) is 26.9 Å². The second kappa shape index (κ2) is 8.53. The molecule has 0 aliphatic carbocycles. The summed E-state index contributed by atoms with van der Waals surface area (Å²) in [5.41, 5.74) is 2.45. The van der Waals surface area contributed by atoms with E-state index in [2.05, 4.69) is 17.4 Å². The standard InChI is InChI=1S/C20H24N2O3/c1-22(13-17-9-10-18-19(12-17)25-15-24-18)14-20(23)21-11-5-8-16-6-3-2-4-7-16/h2-4,6-7,9-10,12H,5,8,11,13-15H2,1H3,(H,21,23)/p+1. The van der Waals surface area contributed by atoms with E-state index in [0.29, 0.717) is 13.1 Å². The maximum atomic E-state index is 12.1. The molecule has 0 spiro atoms. The van der Waals surface area contributed by atoms with Gasteiger partial charge in [-0.3, -0.25) is 4.79 Å². The lowest BCUT2D eigenvalue weighted by Crippen LogP contribution is -3.08. The SMILES string of the molecule is C[NH+](CC(=O)NCCCc1ccccc1)Cc1ccc2c(c1)OCO2. The molecular weight excluding hydrogens is 316 g/mol. The van der Waals surface area contributed by atoms with Crippen molar-refractivity contribution < 1.29 is 19.2 Å². The predicted octanol–water partition coefficient (Wildman–Crippen LogP) is 1.18. The van der Waals surface area contributed by atoms with Crippen LogP contribution in [0.3, 0.4) is 0 Å². The van der Waals surface area contributed by atoms with Gasteiger partial charge >= 0.3 is 0 Å². The van der Waals surface area contributed by atoms with Crippen molar-refractivity contribution in [2.24, 2.45) is 0 Å². The average Bonchev–Trinajstić information content (AvgIpc) is 3.07. The maximum absolute atomic E-state index is 12.1. The van der Waals surface area contributed by atoms with E-state index in [1.54, 1.807) is 0 Å². The number of carbonyl (C=O) groups excluding carboxylic acids is 1. The van der Waals surface area contributed by atoms with E-state index in [1.807, 2.05) is 43.4 Å². The van der Waals surface area contributed by atoms with Crippen LogP contribution < -0.4 is 19.7 Å². The molecule has 0 bridgehead atoms. The number of hydrogen-bond donors (Lipinski definition) is 2. The molecule has 1 amide bonds. The van der Waals surface area contributed by atoms with Crippen LogP contribution in [0, 0.1) is 0 Å². The van der Waals surface area contributed by atoms with Gasteiger partial charge in [0.1, 0.15) is 6.54 Å². The number of carbonyl (C=O) groups is 1. The predicted molar refractivity (Wildman–Crippen MR) is 95.8 cm³/mol. The zero-order valence-electron chi connectivity index (χ0n) is 14.6. The second-order valence-electron chi connectivity index (χ2n) is 6.44. The van der Waals surface area contributed by atoms with E-state index in [4.69, 9.17) is 9.47 Å². The zero-order chi connectivity index (χ0) is 17.5. The molecule has 1 aliphatic rings. The first kappa shape index (κ1) is 17.3. The van der Waals surface area contributed by atoms with Gasteiger partial charge in [-0.2, -0.15) is 0 Å². The van der Waals surface area contributed by atoms with E-state index in [0.717, 1.165) is 41.3 Å². The number of benzene rings is 2. The molecule has 1 unspecified atom stereocenters. The minimum Gasteiger partial charge on any atom is -0.454 e. The van der Waals surface area contributed by atoms with Crippen molar-refractivity contribution in [2.45, 2.75) is 19.4 Å². The summed E-state index contributed by atoms with van der Waals surface area (Å²) < 4.78 is 10.7. The molecule has 5 heteroatoms. The summed E-state index contributed by atoms with van der Waals surface area (Å²) in [5.74, 6) is 1.67. The molecule has 0 aromatic heterocycles. The number of quaternary nitrogens is 1. The lowest BCUT2D eigenvalue weighted by Gasteiger charge is -2.14. The molecule has 132 valence electrons. The molecule has 1 heterocycles. The van der Waals surface area contributed by atoms with Gasteiger partial charge in [-0.1, -0.05) is 30.3 Å². The van der Waals surface area contributed by atoms with Gasteiger partial charge in [0.05, 0.1) is 7.05 Å². The Kier molecular flexibility index (Phi) is 5.90. The normalized spacial score (nSPS) is 13.5. The lowest BCUT2D eigenvalue weighted by atomic mass is 10.1. The highest BCUT2D eigenvalue weighted by molar-refractivity contribution is 5.76. The Labute approximate surface area is 148 Å². The Morgan fingerprint density at radius 1 is 1.08 bits per heavy atom. The Morgan fingerprint density at radius 2 is 1.88 bits per heavy atom. The number of aryl methyl sites for hydroxylation is 1. The largest absolute Gasteiger partial charge is 0.454 e. The molecule has 2 N–H and O–H groups in total. The Balaban J connectivity index is 1.36. The third kappa shape index (κ3) is 5.22. The highest BCUT2D eigenvalue weighted by Gasteiger charge is 2.16. The first-order chi connectivity index (χ1) is 12.2. The first-order valence-corrected chi connectivity index (χ1v) is 8.71. The van der Waals surface area contributed by atoms with Gasteiger partial charge in [0.15, 0.2) is 18.0 Å². The summed E-state index contributed by atoms with van der Waals surface area (Å²) in [6.07, 6.45) is 1.94. The van der Waals surface area contributed by atoms with Crippen LogP contribution in [0.15, 0.2) is 48.5 Å². The first-order valence-electron chi connectivity index (χ1n) is 8.71. The third-order valence-corrected chi connectivity index (χ3v) is 4.21. The van der Waals surface area contributed by atoms with Crippen LogP contribution in [0.1, 0.15) is 17.5 Å². The van der Waals surface area contributed by atoms with Gasteiger partial charge in [0.2, 0.25) is 6.79 Å². The van der Waals surface area contributed by atoms with Crippen LogP contribution in [-0.2, 0) is 17.8 Å².